The Balaban J connectivity index is 0.00000161. The molecule has 1 unspecified atom stereocenters. The number of anilines is 1. The van der Waals surface area contributed by atoms with Crippen molar-refractivity contribution in [2.45, 2.75) is 6.92 Å². The summed E-state index contributed by atoms with van der Waals surface area (Å²) in [6.45, 7) is 3.71. The van der Waals surface area contributed by atoms with Crippen molar-refractivity contribution in [2.24, 2.45) is 18.9 Å². The van der Waals surface area contributed by atoms with Gasteiger partial charge in [0.05, 0.1) is 5.52 Å². The lowest BCUT2D eigenvalue weighted by Crippen LogP contribution is -2.48. The van der Waals surface area contributed by atoms with Gasteiger partial charge in [-0.05, 0) is 31.1 Å². The van der Waals surface area contributed by atoms with E-state index in [2.05, 4.69) is 10.6 Å². The van der Waals surface area contributed by atoms with Crippen LogP contribution >= 0.6 is 12.4 Å². The molecule has 0 radical (unpaired) electrons. The number of hydrogen-bond acceptors (Lipinski definition) is 4. The minimum atomic E-state index is -0.405. The van der Waals surface area contributed by atoms with E-state index in [-0.39, 0.29) is 24.2 Å². The molecule has 0 spiro atoms. The van der Waals surface area contributed by atoms with Gasteiger partial charge in [0.1, 0.15) is 0 Å². The van der Waals surface area contributed by atoms with E-state index in [1.807, 2.05) is 6.92 Å². The molecule has 0 bridgehead atoms. The predicted molar refractivity (Wildman–Crippen MR) is 82.9 cm³/mol. The Morgan fingerprint density at radius 1 is 1.48 bits per heavy atom. The van der Waals surface area contributed by atoms with Crippen LogP contribution in [0.5, 0.6) is 0 Å². The Bertz CT molecular complexity index is 718. The molecule has 2 heterocycles. The number of benzene rings is 1. The first-order chi connectivity index (χ1) is 9.56. The first-order valence-electron chi connectivity index (χ1n) is 6.67. The summed E-state index contributed by atoms with van der Waals surface area (Å²) in [5.41, 5.74) is 1.84. The molecule has 1 aliphatic rings. The third-order valence-corrected chi connectivity index (χ3v) is 3.99. The van der Waals surface area contributed by atoms with Crippen molar-refractivity contribution in [3.63, 3.8) is 0 Å². The molecule has 6 nitrogen and oxygen atoms in total. The van der Waals surface area contributed by atoms with Crippen LogP contribution in [0.25, 0.3) is 11.1 Å². The zero-order valence-electron chi connectivity index (χ0n) is 11.9. The molecule has 1 aliphatic heterocycles. The summed E-state index contributed by atoms with van der Waals surface area (Å²) in [7, 11) is 1.65. The fraction of sp³-hybridized carbons (Fsp3) is 0.429. The van der Waals surface area contributed by atoms with Crippen molar-refractivity contribution in [3.05, 3.63) is 28.7 Å². The van der Waals surface area contributed by atoms with Crippen LogP contribution in [-0.4, -0.2) is 23.6 Å². The molecule has 2 aromatic rings. The van der Waals surface area contributed by atoms with Crippen LogP contribution < -0.4 is 16.4 Å². The standard InChI is InChI=1S/C14H17N3O3.ClH/c1-8(9-6-15-7-9)13(18)16-10-3-4-11-12(5-10)20-14(19)17(11)2;/h3-5,8-9,15H,6-7H2,1-2H3,(H,16,18);1H. The van der Waals surface area contributed by atoms with Gasteiger partial charge in [-0.15, -0.1) is 12.4 Å². The summed E-state index contributed by atoms with van der Waals surface area (Å²) in [6.07, 6.45) is 0. The van der Waals surface area contributed by atoms with E-state index in [4.69, 9.17) is 4.42 Å². The number of amides is 1. The van der Waals surface area contributed by atoms with E-state index < -0.39 is 5.76 Å². The number of nitrogens with one attached hydrogen (secondary N) is 2. The summed E-state index contributed by atoms with van der Waals surface area (Å²) >= 11 is 0. The molecular weight excluding hydrogens is 294 g/mol. The van der Waals surface area contributed by atoms with Gasteiger partial charge >= 0.3 is 5.76 Å². The molecule has 0 saturated carbocycles. The number of nitrogens with zero attached hydrogens (tertiary/aromatic N) is 1. The minimum Gasteiger partial charge on any atom is -0.408 e. The third kappa shape index (κ3) is 2.82. The van der Waals surface area contributed by atoms with Gasteiger partial charge in [0.2, 0.25) is 5.91 Å². The highest BCUT2D eigenvalue weighted by atomic mass is 35.5. The molecule has 1 fully saturated rings. The molecule has 7 heteroatoms. The second-order valence-electron chi connectivity index (χ2n) is 5.31. The summed E-state index contributed by atoms with van der Waals surface area (Å²) in [5.74, 6) is -0.0466. The molecular formula is C14H18ClN3O3. The third-order valence-electron chi connectivity index (χ3n) is 3.99. The van der Waals surface area contributed by atoms with E-state index in [0.717, 1.165) is 13.1 Å². The summed E-state index contributed by atoms with van der Waals surface area (Å²) in [6, 6.07) is 5.23. The SMILES string of the molecule is CC(C(=O)Nc1ccc2c(c1)oc(=O)n2C)C1CNC1.Cl. The molecule has 114 valence electrons. The van der Waals surface area contributed by atoms with Crippen LogP contribution in [0.2, 0.25) is 0 Å². The molecule has 1 atom stereocenters. The normalized spacial score (nSPS) is 16.1. The molecule has 1 aromatic carbocycles. The zero-order chi connectivity index (χ0) is 14.3. The zero-order valence-corrected chi connectivity index (χ0v) is 12.7. The highest BCUT2D eigenvalue weighted by Gasteiger charge is 2.28. The van der Waals surface area contributed by atoms with Gasteiger partial charge in [-0.2, -0.15) is 0 Å². The van der Waals surface area contributed by atoms with Crippen molar-refractivity contribution in [2.75, 3.05) is 18.4 Å². The van der Waals surface area contributed by atoms with Gasteiger partial charge < -0.3 is 15.1 Å². The maximum atomic E-state index is 12.1. The van der Waals surface area contributed by atoms with Crippen molar-refractivity contribution in [3.8, 4) is 0 Å². The maximum absolute atomic E-state index is 12.1. The summed E-state index contributed by atoms with van der Waals surface area (Å²) in [5, 5.41) is 6.04. The smallest absolute Gasteiger partial charge is 0.408 e. The maximum Gasteiger partial charge on any atom is 0.419 e. The fourth-order valence-corrected chi connectivity index (χ4v) is 2.35. The van der Waals surface area contributed by atoms with E-state index >= 15 is 0 Å². The van der Waals surface area contributed by atoms with E-state index in [1.165, 1.54) is 4.57 Å². The first kappa shape index (κ1) is 15.6. The Morgan fingerprint density at radius 2 is 2.19 bits per heavy atom. The Morgan fingerprint density at radius 3 is 2.81 bits per heavy atom. The topological polar surface area (TPSA) is 76.3 Å². The lowest BCUT2D eigenvalue weighted by molar-refractivity contribution is -0.121. The van der Waals surface area contributed by atoms with Gasteiger partial charge in [0, 0.05) is 24.7 Å². The lowest BCUT2D eigenvalue weighted by atomic mass is 9.88. The number of carbonyl (C=O) groups excluding carboxylic acids is 1. The lowest BCUT2D eigenvalue weighted by Gasteiger charge is -2.31. The average Bonchev–Trinajstić information content (AvgIpc) is 2.62. The molecule has 21 heavy (non-hydrogen) atoms. The first-order valence-corrected chi connectivity index (χ1v) is 6.67. The van der Waals surface area contributed by atoms with Crippen molar-refractivity contribution < 1.29 is 9.21 Å². The van der Waals surface area contributed by atoms with Crippen LogP contribution in [0.15, 0.2) is 27.4 Å². The van der Waals surface area contributed by atoms with Crippen LogP contribution in [0.1, 0.15) is 6.92 Å². The number of carbonyl (C=O) groups is 1. The predicted octanol–water partition coefficient (Wildman–Crippen LogP) is 1.35. The summed E-state index contributed by atoms with van der Waals surface area (Å²) in [4.78, 5) is 23.5. The number of aromatic nitrogens is 1. The number of rotatable bonds is 3. The Hall–Kier alpha value is -1.79. The van der Waals surface area contributed by atoms with Gasteiger partial charge in [-0.3, -0.25) is 9.36 Å². The average molecular weight is 312 g/mol. The van der Waals surface area contributed by atoms with Crippen molar-refractivity contribution in [1.82, 2.24) is 9.88 Å². The monoisotopic (exact) mass is 311 g/mol. The number of halogens is 1. The number of aryl methyl sites for hydroxylation is 1. The largest absolute Gasteiger partial charge is 0.419 e. The molecule has 1 aromatic heterocycles. The summed E-state index contributed by atoms with van der Waals surface area (Å²) < 4.78 is 6.54. The number of oxazole rings is 1. The highest BCUT2D eigenvalue weighted by Crippen LogP contribution is 2.21. The second-order valence-corrected chi connectivity index (χ2v) is 5.31. The Labute approximate surface area is 127 Å². The van der Waals surface area contributed by atoms with Crippen molar-refractivity contribution >= 4 is 35.1 Å². The van der Waals surface area contributed by atoms with Crippen LogP contribution in [-0.2, 0) is 11.8 Å². The molecule has 3 rings (SSSR count). The van der Waals surface area contributed by atoms with Crippen molar-refractivity contribution in [1.29, 1.82) is 0 Å². The number of fused-ring (bicyclic) bond motifs is 1. The van der Waals surface area contributed by atoms with Gasteiger partial charge in [0.25, 0.3) is 0 Å². The highest BCUT2D eigenvalue weighted by molar-refractivity contribution is 5.94. The van der Waals surface area contributed by atoms with Crippen LogP contribution in [0, 0.1) is 11.8 Å². The molecule has 1 saturated heterocycles. The van der Waals surface area contributed by atoms with E-state index in [1.54, 1.807) is 25.2 Å². The fourth-order valence-electron chi connectivity index (χ4n) is 2.35. The quantitative estimate of drug-likeness (QED) is 0.897. The number of hydrogen-bond donors (Lipinski definition) is 2. The van der Waals surface area contributed by atoms with E-state index in [9.17, 15) is 9.59 Å². The molecule has 1 amide bonds. The van der Waals surface area contributed by atoms with Gasteiger partial charge in [0.15, 0.2) is 5.58 Å². The van der Waals surface area contributed by atoms with Crippen LogP contribution in [0.4, 0.5) is 5.69 Å². The second kappa shape index (κ2) is 5.91. The minimum absolute atomic E-state index is 0. The van der Waals surface area contributed by atoms with Crippen LogP contribution in [0.3, 0.4) is 0 Å². The van der Waals surface area contributed by atoms with Gasteiger partial charge in [-0.1, -0.05) is 6.92 Å². The Kier molecular flexibility index (Phi) is 4.39. The molecule has 0 aliphatic carbocycles. The molecule has 2 N–H and O–H groups in total. The van der Waals surface area contributed by atoms with Gasteiger partial charge in [-0.25, -0.2) is 4.79 Å². The van der Waals surface area contributed by atoms with E-state index in [0.29, 0.717) is 22.7 Å².